The van der Waals surface area contributed by atoms with Gasteiger partial charge in [0.25, 0.3) is 0 Å². The molecule has 0 aliphatic rings. The van der Waals surface area contributed by atoms with Crippen LogP contribution in [0.2, 0.25) is 0 Å². The van der Waals surface area contributed by atoms with E-state index in [2.05, 4.69) is 14.9 Å². The number of pyridine rings is 2. The molecule has 2 aromatic rings. The number of aliphatic carboxylic acids is 1. The molecule has 23 heavy (non-hydrogen) atoms. The largest absolute Gasteiger partial charge is 2.00 e. The van der Waals surface area contributed by atoms with E-state index in [1.165, 1.54) is 0 Å². The monoisotopic (exact) mass is 426 g/mol. The minimum atomic E-state index is -1.01. The van der Waals surface area contributed by atoms with E-state index in [0.29, 0.717) is 26.1 Å². The van der Waals surface area contributed by atoms with Crippen LogP contribution < -0.4 is 22.1 Å². The van der Waals surface area contributed by atoms with Crippen molar-refractivity contribution in [1.29, 1.82) is 0 Å². The van der Waals surface area contributed by atoms with Gasteiger partial charge in [-0.2, -0.15) is 0 Å². The second-order valence-corrected chi connectivity index (χ2v) is 4.83. The van der Waals surface area contributed by atoms with Crippen molar-refractivity contribution in [3.63, 3.8) is 0 Å². The maximum absolute atomic E-state index is 10.5. The van der Waals surface area contributed by atoms with Gasteiger partial charge in [0, 0.05) is 31.5 Å². The van der Waals surface area contributed by atoms with E-state index in [1.54, 1.807) is 12.4 Å². The molecule has 0 N–H and O–H groups in total. The molecular formula is C16H18BrCuN3O2. The van der Waals surface area contributed by atoms with E-state index in [4.69, 9.17) is 0 Å². The fourth-order valence-electron chi connectivity index (χ4n) is 2.10. The van der Waals surface area contributed by atoms with Crippen LogP contribution in [0.5, 0.6) is 0 Å². The minimum absolute atomic E-state index is 0. The number of carbonyl (C=O) groups is 1. The maximum Gasteiger partial charge on any atom is 2.00 e. The van der Waals surface area contributed by atoms with E-state index < -0.39 is 5.97 Å². The van der Waals surface area contributed by atoms with Crippen molar-refractivity contribution in [3.05, 3.63) is 60.2 Å². The van der Waals surface area contributed by atoms with E-state index >= 15 is 0 Å². The van der Waals surface area contributed by atoms with E-state index in [9.17, 15) is 9.90 Å². The van der Waals surface area contributed by atoms with Crippen LogP contribution in [0, 0.1) is 0 Å². The Balaban J connectivity index is 0.00000242. The number of aromatic nitrogens is 2. The molecule has 0 aromatic carbocycles. The third kappa shape index (κ3) is 8.81. The zero-order chi connectivity index (χ0) is 14.9. The van der Waals surface area contributed by atoms with Crippen molar-refractivity contribution in [2.45, 2.75) is 25.9 Å². The van der Waals surface area contributed by atoms with Crippen molar-refractivity contribution in [2.75, 3.05) is 6.54 Å². The van der Waals surface area contributed by atoms with Crippen LogP contribution in [-0.4, -0.2) is 27.4 Å². The summed E-state index contributed by atoms with van der Waals surface area (Å²) >= 11 is 0. The summed E-state index contributed by atoms with van der Waals surface area (Å²) in [5.74, 6) is -1.01. The molecule has 0 bridgehead atoms. The van der Waals surface area contributed by atoms with Gasteiger partial charge in [0.2, 0.25) is 0 Å². The number of halogens is 1. The first-order valence-corrected chi connectivity index (χ1v) is 6.96. The number of hydrogen-bond donors (Lipinski definition) is 0. The average Bonchev–Trinajstić information content (AvgIpc) is 2.49. The van der Waals surface area contributed by atoms with Crippen LogP contribution >= 0.6 is 0 Å². The number of nitrogens with zero attached hydrogens (tertiary/aromatic N) is 3. The molecule has 2 rings (SSSR count). The Morgan fingerprint density at radius 2 is 1.52 bits per heavy atom. The van der Waals surface area contributed by atoms with Crippen LogP contribution in [-0.2, 0) is 35.0 Å². The summed E-state index contributed by atoms with van der Waals surface area (Å²) in [6, 6.07) is 11.6. The van der Waals surface area contributed by atoms with Gasteiger partial charge in [-0.25, -0.2) is 0 Å². The van der Waals surface area contributed by atoms with Gasteiger partial charge >= 0.3 is 17.1 Å². The number of carboxylic acids is 1. The Kier molecular flexibility index (Phi) is 11.5. The molecule has 0 atom stereocenters. The van der Waals surface area contributed by atoms with Gasteiger partial charge in [-0.1, -0.05) is 12.1 Å². The second-order valence-electron chi connectivity index (χ2n) is 4.83. The van der Waals surface area contributed by atoms with Crippen LogP contribution in [0.1, 0.15) is 24.2 Å². The Bertz CT molecular complexity index is 516. The predicted molar refractivity (Wildman–Crippen MR) is 76.8 cm³/mol. The summed E-state index contributed by atoms with van der Waals surface area (Å²) in [6.07, 6.45) is 4.15. The van der Waals surface area contributed by atoms with E-state index in [0.717, 1.165) is 11.4 Å². The predicted octanol–water partition coefficient (Wildman–Crippen LogP) is -1.99. The molecule has 0 fully saturated rings. The molecule has 0 aliphatic carbocycles. The topological polar surface area (TPSA) is 69.2 Å². The average molecular weight is 428 g/mol. The standard InChI is InChI=1S/C16H19N3O2.BrH.Cu/c20-16(21)8-5-11-19(12-14-6-1-3-9-17-14)13-15-7-2-4-10-18-15;;/h1-4,6-7,9-10H,5,8,11-13H2,(H,20,21);1H;/q;;+2/p-2. The third-order valence-electron chi connectivity index (χ3n) is 3.08. The molecule has 0 aliphatic heterocycles. The van der Waals surface area contributed by atoms with Gasteiger partial charge in [0.15, 0.2) is 0 Å². The van der Waals surface area contributed by atoms with Gasteiger partial charge in [0.05, 0.1) is 11.4 Å². The molecule has 0 spiro atoms. The van der Waals surface area contributed by atoms with E-state index in [1.807, 2.05) is 36.4 Å². The SMILES string of the molecule is O=C([O-])CCCN(Cc1ccccn1)Cc1ccccn1.[Br-].[Cu+2]. The second kappa shape index (κ2) is 12.2. The molecule has 127 valence electrons. The molecule has 0 amide bonds. The minimum Gasteiger partial charge on any atom is -1.00 e. The molecule has 0 saturated heterocycles. The van der Waals surface area contributed by atoms with Crippen molar-refractivity contribution in [1.82, 2.24) is 14.9 Å². The summed E-state index contributed by atoms with van der Waals surface area (Å²) in [5.41, 5.74) is 1.92. The molecule has 2 aromatic heterocycles. The van der Waals surface area contributed by atoms with E-state index in [-0.39, 0.29) is 40.5 Å². The molecule has 7 heteroatoms. The number of carbonyl (C=O) groups excluding carboxylic acids is 1. The van der Waals surface area contributed by atoms with Gasteiger partial charge in [0.1, 0.15) is 0 Å². The van der Waals surface area contributed by atoms with Crippen LogP contribution in [0.3, 0.4) is 0 Å². The molecular weight excluding hydrogens is 410 g/mol. The summed E-state index contributed by atoms with van der Waals surface area (Å²) in [7, 11) is 0. The van der Waals surface area contributed by atoms with Crippen molar-refractivity contribution in [2.24, 2.45) is 0 Å². The zero-order valence-electron chi connectivity index (χ0n) is 12.5. The summed E-state index contributed by atoms with van der Waals surface area (Å²) in [5, 5.41) is 10.5. The summed E-state index contributed by atoms with van der Waals surface area (Å²) in [4.78, 5) is 21.3. The van der Waals surface area contributed by atoms with Crippen molar-refractivity contribution < 1.29 is 44.0 Å². The summed E-state index contributed by atoms with van der Waals surface area (Å²) < 4.78 is 0. The Labute approximate surface area is 157 Å². The first-order valence-electron chi connectivity index (χ1n) is 6.96. The summed E-state index contributed by atoms with van der Waals surface area (Å²) in [6.45, 7) is 2.01. The first-order chi connectivity index (χ1) is 10.2. The molecule has 0 unspecified atom stereocenters. The smallest absolute Gasteiger partial charge is 1.00 e. The van der Waals surface area contributed by atoms with Gasteiger partial charge in [-0.3, -0.25) is 14.9 Å². The number of hydrogen-bond acceptors (Lipinski definition) is 5. The zero-order valence-corrected chi connectivity index (χ0v) is 15.0. The first kappa shape index (κ1) is 21.7. The van der Waals surface area contributed by atoms with Gasteiger partial charge in [-0.05, 0) is 43.7 Å². The Morgan fingerprint density at radius 3 is 1.91 bits per heavy atom. The Morgan fingerprint density at radius 1 is 1.00 bits per heavy atom. The fraction of sp³-hybridized carbons (Fsp3) is 0.312. The van der Waals surface area contributed by atoms with Crippen molar-refractivity contribution in [3.8, 4) is 0 Å². The number of rotatable bonds is 8. The molecule has 5 nitrogen and oxygen atoms in total. The normalized spacial score (nSPS) is 9.78. The van der Waals surface area contributed by atoms with Crippen LogP contribution in [0.4, 0.5) is 0 Å². The molecule has 1 radical (unpaired) electrons. The van der Waals surface area contributed by atoms with Crippen LogP contribution in [0.15, 0.2) is 48.8 Å². The number of carboxylic acid groups (broad SMARTS) is 1. The van der Waals surface area contributed by atoms with Crippen LogP contribution in [0.25, 0.3) is 0 Å². The molecule has 0 saturated carbocycles. The third-order valence-corrected chi connectivity index (χ3v) is 3.08. The van der Waals surface area contributed by atoms with Gasteiger partial charge < -0.3 is 26.9 Å². The molecule has 2 heterocycles. The van der Waals surface area contributed by atoms with Gasteiger partial charge in [-0.15, -0.1) is 0 Å². The fourth-order valence-corrected chi connectivity index (χ4v) is 2.10. The van der Waals surface area contributed by atoms with Crippen molar-refractivity contribution >= 4 is 5.97 Å². The maximum atomic E-state index is 10.5. The Hall–Kier alpha value is -1.27. The quantitative estimate of drug-likeness (QED) is 0.456.